The maximum atomic E-state index is 13.9. The van der Waals surface area contributed by atoms with Crippen molar-refractivity contribution in [3.8, 4) is 0 Å². The SMILES string of the molecule is [B]C(CCCC)(CCCN1CCCC1Cc1ccccc1F)C(=O)O. The number of carboxylic acid groups (broad SMARTS) is 1. The summed E-state index contributed by atoms with van der Waals surface area (Å²) >= 11 is 0. The Hall–Kier alpha value is -1.36. The molecule has 1 N–H and O–H groups in total. The molecule has 3 nitrogen and oxygen atoms in total. The van der Waals surface area contributed by atoms with Crippen molar-refractivity contribution in [2.75, 3.05) is 13.1 Å². The molecule has 1 aromatic carbocycles. The molecule has 2 radical (unpaired) electrons. The van der Waals surface area contributed by atoms with Crippen LogP contribution in [0.5, 0.6) is 0 Å². The van der Waals surface area contributed by atoms with Crippen LogP contribution in [0.3, 0.4) is 0 Å². The highest BCUT2D eigenvalue weighted by molar-refractivity contribution is 6.26. The summed E-state index contributed by atoms with van der Waals surface area (Å²) in [6, 6.07) is 7.30. The van der Waals surface area contributed by atoms with Crippen molar-refractivity contribution in [3.05, 3.63) is 35.6 Å². The highest BCUT2D eigenvalue weighted by atomic mass is 19.1. The molecular weight excluding hydrogens is 316 g/mol. The van der Waals surface area contributed by atoms with Gasteiger partial charge in [-0.3, -0.25) is 4.79 Å². The number of carboxylic acids is 1. The number of rotatable bonds is 10. The van der Waals surface area contributed by atoms with Crippen LogP contribution in [0, 0.1) is 5.82 Å². The van der Waals surface area contributed by atoms with Gasteiger partial charge in [0.05, 0.1) is 7.85 Å². The lowest BCUT2D eigenvalue weighted by Crippen LogP contribution is -2.33. The molecule has 1 aromatic rings. The molecule has 0 aromatic heterocycles. The van der Waals surface area contributed by atoms with Crippen LogP contribution in [0.25, 0.3) is 0 Å². The van der Waals surface area contributed by atoms with E-state index in [4.69, 9.17) is 7.85 Å². The number of hydrogen-bond acceptors (Lipinski definition) is 2. The molecule has 0 bridgehead atoms. The van der Waals surface area contributed by atoms with E-state index in [-0.39, 0.29) is 5.82 Å². The van der Waals surface area contributed by atoms with Crippen molar-refractivity contribution in [2.24, 2.45) is 0 Å². The van der Waals surface area contributed by atoms with E-state index in [9.17, 15) is 14.3 Å². The maximum absolute atomic E-state index is 13.9. The number of carbonyl (C=O) groups is 1. The maximum Gasteiger partial charge on any atom is 0.300 e. The Labute approximate surface area is 152 Å². The van der Waals surface area contributed by atoms with E-state index in [1.54, 1.807) is 6.07 Å². The molecule has 1 fully saturated rings. The van der Waals surface area contributed by atoms with Crippen LogP contribution in [0.1, 0.15) is 57.4 Å². The summed E-state index contributed by atoms with van der Waals surface area (Å²) in [7, 11) is 6.12. The Balaban J connectivity index is 1.86. The van der Waals surface area contributed by atoms with Gasteiger partial charge in [-0.2, -0.15) is 0 Å². The molecule has 1 saturated heterocycles. The standard InChI is InChI=1S/C20H29BFNO2/c1-2-3-11-20(21,19(24)25)12-7-14-23-13-6-9-17(23)15-16-8-4-5-10-18(16)22/h4-5,8,10,17H,2-3,6-7,9,11-15H2,1H3,(H,24,25). The lowest BCUT2D eigenvalue weighted by Gasteiger charge is -2.29. The zero-order valence-corrected chi connectivity index (χ0v) is 15.2. The zero-order chi connectivity index (χ0) is 18.3. The number of likely N-dealkylation sites (tertiary alicyclic amines) is 1. The topological polar surface area (TPSA) is 40.5 Å². The van der Waals surface area contributed by atoms with Gasteiger partial charge >= 0.3 is 5.97 Å². The van der Waals surface area contributed by atoms with E-state index in [0.29, 0.717) is 18.9 Å². The van der Waals surface area contributed by atoms with Gasteiger partial charge in [-0.25, -0.2) is 4.39 Å². The minimum absolute atomic E-state index is 0.138. The number of aliphatic carboxylic acids is 1. The Bertz CT molecular complexity index is 568. The first-order valence-electron chi connectivity index (χ1n) is 9.46. The number of halogens is 1. The predicted octanol–water partition coefficient (Wildman–Crippen LogP) is 4.21. The van der Waals surface area contributed by atoms with E-state index >= 15 is 0 Å². The summed E-state index contributed by atoms with van der Waals surface area (Å²) in [4.78, 5) is 13.9. The van der Waals surface area contributed by atoms with E-state index in [1.165, 1.54) is 6.07 Å². The monoisotopic (exact) mass is 345 g/mol. The largest absolute Gasteiger partial charge is 0.481 e. The second-order valence-corrected chi connectivity index (χ2v) is 7.30. The Morgan fingerprint density at radius 1 is 1.36 bits per heavy atom. The predicted molar refractivity (Wildman–Crippen MR) is 99.5 cm³/mol. The lowest BCUT2D eigenvalue weighted by molar-refractivity contribution is -0.141. The Kier molecular flexibility index (Phi) is 7.48. The van der Waals surface area contributed by atoms with E-state index in [0.717, 1.165) is 57.2 Å². The average Bonchev–Trinajstić information content (AvgIpc) is 3.02. The first-order valence-corrected chi connectivity index (χ1v) is 9.46. The number of hydrogen-bond donors (Lipinski definition) is 1. The molecule has 5 heteroatoms. The first-order chi connectivity index (χ1) is 12.0. The molecular formula is C20H29BFNO2. The fraction of sp³-hybridized carbons (Fsp3) is 0.650. The Morgan fingerprint density at radius 2 is 2.08 bits per heavy atom. The normalized spacial score (nSPS) is 20.5. The summed E-state index contributed by atoms with van der Waals surface area (Å²) in [5, 5.41) is 8.33. The van der Waals surface area contributed by atoms with Crippen molar-refractivity contribution < 1.29 is 14.3 Å². The molecule has 0 aliphatic carbocycles. The van der Waals surface area contributed by atoms with Crippen LogP contribution in [0.15, 0.2) is 24.3 Å². The highest BCUT2D eigenvalue weighted by Gasteiger charge is 2.32. The number of nitrogens with zero attached hydrogens (tertiary/aromatic N) is 1. The molecule has 1 aliphatic heterocycles. The van der Waals surface area contributed by atoms with Gasteiger partial charge in [0, 0.05) is 11.4 Å². The van der Waals surface area contributed by atoms with E-state index < -0.39 is 11.3 Å². The summed E-state index contributed by atoms with van der Waals surface area (Å²) in [5.74, 6) is -1.04. The summed E-state index contributed by atoms with van der Waals surface area (Å²) in [5.41, 5.74) is 0.765. The third-order valence-corrected chi connectivity index (χ3v) is 5.38. The second-order valence-electron chi connectivity index (χ2n) is 7.30. The van der Waals surface area contributed by atoms with Gasteiger partial charge in [-0.1, -0.05) is 38.0 Å². The van der Waals surface area contributed by atoms with Gasteiger partial charge in [0.2, 0.25) is 0 Å². The van der Waals surface area contributed by atoms with Crippen LogP contribution in [-0.2, 0) is 11.2 Å². The van der Waals surface area contributed by atoms with Crippen molar-refractivity contribution in [1.29, 1.82) is 0 Å². The molecule has 2 unspecified atom stereocenters. The van der Waals surface area contributed by atoms with Crippen LogP contribution in [-0.4, -0.2) is 43.0 Å². The quantitative estimate of drug-likeness (QED) is 0.646. The van der Waals surface area contributed by atoms with Gasteiger partial charge < -0.3 is 10.0 Å². The third-order valence-electron chi connectivity index (χ3n) is 5.38. The van der Waals surface area contributed by atoms with Crippen LogP contribution >= 0.6 is 0 Å². The van der Waals surface area contributed by atoms with Crippen molar-refractivity contribution in [2.45, 2.75) is 69.6 Å². The number of unbranched alkanes of at least 4 members (excludes halogenated alkanes) is 1. The molecule has 136 valence electrons. The molecule has 0 saturated carbocycles. The first kappa shape index (κ1) is 20.0. The molecule has 2 atom stereocenters. The minimum Gasteiger partial charge on any atom is -0.481 e. The Morgan fingerprint density at radius 3 is 2.76 bits per heavy atom. The van der Waals surface area contributed by atoms with Crippen LogP contribution < -0.4 is 0 Å². The zero-order valence-electron chi connectivity index (χ0n) is 15.2. The van der Waals surface area contributed by atoms with Crippen molar-refractivity contribution in [1.82, 2.24) is 4.90 Å². The smallest absolute Gasteiger partial charge is 0.300 e. The summed E-state index contributed by atoms with van der Waals surface area (Å²) in [6.45, 7) is 3.87. The lowest BCUT2D eigenvalue weighted by atomic mass is 9.63. The highest BCUT2D eigenvalue weighted by Crippen LogP contribution is 2.35. The molecule has 0 amide bonds. The fourth-order valence-corrected chi connectivity index (χ4v) is 3.77. The minimum atomic E-state index is -1.11. The summed E-state index contributed by atoms with van der Waals surface area (Å²) < 4.78 is 13.9. The van der Waals surface area contributed by atoms with E-state index in [2.05, 4.69) is 4.90 Å². The van der Waals surface area contributed by atoms with Gasteiger partial charge in [-0.15, -0.1) is 0 Å². The van der Waals surface area contributed by atoms with Gasteiger partial charge in [0.1, 0.15) is 5.82 Å². The van der Waals surface area contributed by atoms with Crippen molar-refractivity contribution >= 4 is 13.8 Å². The molecule has 2 rings (SSSR count). The number of benzene rings is 1. The van der Waals surface area contributed by atoms with E-state index in [1.807, 2.05) is 19.1 Å². The van der Waals surface area contributed by atoms with Crippen LogP contribution in [0.4, 0.5) is 4.39 Å². The van der Waals surface area contributed by atoms with Gasteiger partial charge in [0.25, 0.3) is 0 Å². The van der Waals surface area contributed by atoms with Gasteiger partial charge in [0.15, 0.2) is 0 Å². The molecule has 1 heterocycles. The molecule has 25 heavy (non-hydrogen) atoms. The summed E-state index contributed by atoms with van der Waals surface area (Å²) in [6.07, 6.45) is 6.46. The van der Waals surface area contributed by atoms with Crippen molar-refractivity contribution in [3.63, 3.8) is 0 Å². The third kappa shape index (κ3) is 5.57. The molecule has 1 aliphatic rings. The van der Waals surface area contributed by atoms with Gasteiger partial charge in [-0.05, 0) is 63.2 Å². The fourth-order valence-electron chi connectivity index (χ4n) is 3.77. The van der Waals surface area contributed by atoms with Crippen LogP contribution in [0.2, 0.25) is 5.31 Å². The molecule has 0 spiro atoms. The average molecular weight is 345 g/mol. The second kappa shape index (κ2) is 9.37.